The molecule has 0 saturated carbocycles. The van der Waals surface area contributed by atoms with Gasteiger partial charge in [0.25, 0.3) is 0 Å². The van der Waals surface area contributed by atoms with Crippen LogP contribution in [0.25, 0.3) is 5.69 Å². The van der Waals surface area contributed by atoms with Crippen LogP contribution in [-0.4, -0.2) is 32.5 Å². The van der Waals surface area contributed by atoms with Gasteiger partial charge in [0.05, 0.1) is 5.25 Å². The molecule has 1 N–H and O–H groups in total. The van der Waals surface area contributed by atoms with E-state index in [4.69, 9.17) is 0 Å². The maximum absolute atomic E-state index is 11.8. The fourth-order valence-electron chi connectivity index (χ4n) is 1.82. The summed E-state index contributed by atoms with van der Waals surface area (Å²) < 4.78 is 1.96. The smallest absolute Gasteiger partial charge is 0.233 e. The quantitative estimate of drug-likeness (QED) is 0.858. The predicted molar refractivity (Wildman–Crippen MR) is 80.1 cm³/mol. The van der Waals surface area contributed by atoms with Gasteiger partial charge < -0.3 is 5.32 Å². The van der Waals surface area contributed by atoms with Gasteiger partial charge in [0, 0.05) is 12.2 Å². The fraction of sp³-hybridized carbons (Fsp3) is 0.357. The van der Waals surface area contributed by atoms with E-state index in [1.165, 1.54) is 11.8 Å². The van der Waals surface area contributed by atoms with E-state index in [0.29, 0.717) is 6.54 Å². The summed E-state index contributed by atoms with van der Waals surface area (Å²) in [5.74, 6) is 0.819. The van der Waals surface area contributed by atoms with Gasteiger partial charge in [0.15, 0.2) is 5.16 Å². The lowest BCUT2D eigenvalue weighted by molar-refractivity contribution is -0.120. The van der Waals surface area contributed by atoms with Crippen molar-refractivity contribution in [3.8, 4) is 5.69 Å². The third kappa shape index (κ3) is 3.19. The highest BCUT2D eigenvalue weighted by atomic mass is 32.2. The Labute approximate surface area is 122 Å². The molecule has 1 aromatic carbocycles. The standard InChI is InChI=1S/C14H18N4OS/c1-4-15-13(19)10(2)20-14-17-16-11(3)18(14)12-8-6-5-7-9-12/h5-10H,4H2,1-3H3,(H,15,19)/t10-/m1/s1. The van der Waals surface area contributed by atoms with Crippen LogP contribution >= 0.6 is 11.8 Å². The number of nitrogens with one attached hydrogen (secondary N) is 1. The Kier molecular flexibility index (Phi) is 4.79. The highest BCUT2D eigenvalue weighted by molar-refractivity contribution is 8.00. The van der Waals surface area contributed by atoms with Gasteiger partial charge in [-0.25, -0.2) is 0 Å². The van der Waals surface area contributed by atoms with Crippen LogP contribution in [0, 0.1) is 6.92 Å². The third-order valence-electron chi connectivity index (χ3n) is 2.81. The van der Waals surface area contributed by atoms with Crippen LogP contribution in [-0.2, 0) is 4.79 Å². The molecule has 0 unspecified atom stereocenters. The zero-order chi connectivity index (χ0) is 14.5. The Morgan fingerprint density at radius 3 is 2.70 bits per heavy atom. The highest BCUT2D eigenvalue weighted by Gasteiger charge is 2.19. The number of aryl methyl sites for hydroxylation is 1. The van der Waals surface area contributed by atoms with Crippen molar-refractivity contribution < 1.29 is 4.79 Å². The van der Waals surface area contributed by atoms with Crippen LogP contribution < -0.4 is 5.32 Å². The first-order valence-corrected chi connectivity index (χ1v) is 7.43. The van der Waals surface area contributed by atoms with Crippen LogP contribution in [0.3, 0.4) is 0 Å². The van der Waals surface area contributed by atoms with E-state index >= 15 is 0 Å². The zero-order valence-electron chi connectivity index (χ0n) is 11.8. The predicted octanol–water partition coefficient (Wildman–Crippen LogP) is 2.19. The number of nitrogens with zero attached hydrogens (tertiary/aromatic N) is 3. The molecule has 2 aromatic rings. The molecule has 2 rings (SSSR count). The lowest BCUT2D eigenvalue weighted by Crippen LogP contribution is -2.30. The second-order valence-corrected chi connectivity index (χ2v) is 5.66. The molecule has 1 atom stereocenters. The molecule has 5 nitrogen and oxygen atoms in total. The Bertz CT molecular complexity index is 582. The Morgan fingerprint density at radius 1 is 1.35 bits per heavy atom. The first-order valence-electron chi connectivity index (χ1n) is 6.55. The molecule has 0 saturated heterocycles. The van der Waals surface area contributed by atoms with E-state index in [2.05, 4.69) is 15.5 Å². The van der Waals surface area contributed by atoms with Crippen molar-refractivity contribution in [2.24, 2.45) is 0 Å². The van der Waals surface area contributed by atoms with E-state index in [1.807, 2.05) is 55.7 Å². The lowest BCUT2D eigenvalue weighted by atomic mass is 10.3. The number of carbonyl (C=O) groups is 1. The van der Waals surface area contributed by atoms with Crippen molar-refractivity contribution >= 4 is 17.7 Å². The monoisotopic (exact) mass is 290 g/mol. The molecule has 20 heavy (non-hydrogen) atoms. The molecule has 0 spiro atoms. The van der Waals surface area contributed by atoms with Gasteiger partial charge in [0.1, 0.15) is 5.82 Å². The second-order valence-electron chi connectivity index (χ2n) is 4.36. The van der Waals surface area contributed by atoms with Gasteiger partial charge in [-0.3, -0.25) is 9.36 Å². The minimum atomic E-state index is -0.207. The minimum Gasteiger partial charge on any atom is -0.355 e. The average Bonchev–Trinajstić information content (AvgIpc) is 2.81. The number of rotatable bonds is 5. The van der Waals surface area contributed by atoms with Gasteiger partial charge in [-0.15, -0.1) is 10.2 Å². The van der Waals surface area contributed by atoms with Gasteiger partial charge in [-0.1, -0.05) is 30.0 Å². The third-order valence-corrected chi connectivity index (χ3v) is 3.85. The fourth-order valence-corrected chi connectivity index (χ4v) is 2.76. The number of hydrogen-bond donors (Lipinski definition) is 1. The molecule has 0 aliphatic carbocycles. The molecule has 6 heteroatoms. The number of hydrogen-bond acceptors (Lipinski definition) is 4. The zero-order valence-corrected chi connectivity index (χ0v) is 12.6. The molecule has 0 fully saturated rings. The van der Waals surface area contributed by atoms with E-state index in [1.54, 1.807) is 0 Å². The molecule has 1 aromatic heterocycles. The summed E-state index contributed by atoms with van der Waals surface area (Å²) in [4.78, 5) is 11.8. The van der Waals surface area contributed by atoms with Gasteiger partial charge >= 0.3 is 0 Å². The Balaban J connectivity index is 2.24. The van der Waals surface area contributed by atoms with Gasteiger partial charge in [-0.05, 0) is 32.9 Å². The van der Waals surface area contributed by atoms with Crippen LogP contribution in [0.5, 0.6) is 0 Å². The summed E-state index contributed by atoms with van der Waals surface area (Å²) in [6.07, 6.45) is 0. The first-order chi connectivity index (χ1) is 9.63. The van der Waals surface area contributed by atoms with Crippen molar-refractivity contribution in [2.75, 3.05) is 6.54 Å². The van der Waals surface area contributed by atoms with E-state index in [0.717, 1.165) is 16.7 Å². The van der Waals surface area contributed by atoms with Crippen molar-refractivity contribution in [1.82, 2.24) is 20.1 Å². The topological polar surface area (TPSA) is 59.8 Å². The molecule has 0 aliphatic rings. The van der Waals surface area contributed by atoms with Crippen LogP contribution in [0.1, 0.15) is 19.7 Å². The summed E-state index contributed by atoms with van der Waals surface area (Å²) in [6.45, 7) is 6.32. The largest absolute Gasteiger partial charge is 0.355 e. The van der Waals surface area contributed by atoms with E-state index in [-0.39, 0.29) is 11.2 Å². The summed E-state index contributed by atoms with van der Waals surface area (Å²) >= 11 is 1.41. The summed E-state index contributed by atoms with van der Waals surface area (Å²) in [6, 6.07) is 9.90. The number of benzene rings is 1. The SMILES string of the molecule is CCNC(=O)[C@@H](C)Sc1nnc(C)n1-c1ccccc1. The molecule has 1 amide bonds. The number of aromatic nitrogens is 3. The maximum Gasteiger partial charge on any atom is 0.233 e. The van der Waals surface area contributed by atoms with E-state index < -0.39 is 0 Å². The summed E-state index contributed by atoms with van der Waals surface area (Å²) in [5.41, 5.74) is 1.00. The molecule has 0 radical (unpaired) electrons. The summed E-state index contributed by atoms with van der Waals surface area (Å²) in [5, 5.41) is 11.6. The molecule has 0 bridgehead atoms. The van der Waals surface area contributed by atoms with Crippen LogP contribution in [0.4, 0.5) is 0 Å². The van der Waals surface area contributed by atoms with E-state index in [9.17, 15) is 4.79 Å². The van der Waals surface area contributed by atoms with Crippen molar-refractivity contribution in [3.63, 3.8) is 0 Å². The maximum atomic E-state index is 11.8. The molecule has 106 valence electrons. The highest BCUT2D eigenvalue weighted by Crippen LogP contribution is 2.25. The van der Waals surface area contributed by atoms with Crippen LogP contribution in [0.2, 0.25) is 0 Å². The van der Waals surface area contributed by atoms with Gasteiger partial charge in [-0.2, -0.15) is 0 Å². The number of para-hydroxylation sites is 1. The van der Waals surface area contributed by atoms with Crippen molar-refractivity contribution in [1.29, 1.82) is 0 Å². The number of thioether (sulfide) groups is 1. The summed E-state index contributed by atoms with van der Waals surface area (Å²) in [7, 11) is 0. The number of amides is 1. The average molecular weight is 290 g/mol. The Morgan fingerprint density at radius 2 is 2.05 bits per heavy atom. The lowest BCUT2D eigenvalue weighted by Gasteiger charge is -2.12. The second kappa shape index (κ2) is 6.56. The van der Waals surface area contributed by atoms with Crippen LogP contribution in [0.15, 0.2) is 35.5 Å². The Hall–Kier alpha value is -1.82. The number of carbonyl (C=O) groups excluding carboxylic acids is 1. The minimum absolute atomic E-state index is 0.0118. The van der Waals surface area contributed by atoms with Crippen molar-refractivity contribution in [2.45, 2.75) is 31.2 Å². The molecular formula is C14H18N4OS. The van der Waals surface area contributed by atoms with Crippen molar-refractivity contribution in [3.05, 3.63) is 36.2 Å². The van der Waals surface area contributed by atoms with Gasteiger partial charge in [0.2, 0.25) is 5.91 Å². The normalized spacial score (nSPS) is 12.2. The molecular weight excluding hydrogens is 272 g/mol. The molecule has 0 aliphatic heterocycles. The first kappa shape index (κ1) is 14.6. The molecule has 1 heterocycles.